The number of rotatable bonds is 5. The number of hydrogen-bond donors (Lipinski definition) is 0. The molecule has 0 N–H and O–H groups in total. The molecule has 0 atom stereocenters. The molecule has 1 aromatic carbocycles. The zero-order valence-electron chi connectivity index (χ0n) is 17.8. The maximum Gasteiger partial charge on any atom is 0.301 e. The molecule has 7 heteroatoms. The number of fused-ring (bicyclic) bond motifs is 1. The number of para-hydroxylation sites is 1. The third-order valence-electron chi connectivity index (χ3n) is 4.69. The average Bonchev–Trinajstić information content (AvgIpc) is 3.19. The molecule has 0 spiro atoms. The number of aromatic nitrogens is 1. The van der Waals surface area contributed by atoms with Gasteiger partial charge < -0.3 is 8.65 Å². The lowest BCUT2D eigenvalue weighted by Crippen LogP contribution is -2.46. The molecule has 28 heavy (non-hydrogen) atoms. The molecular weight excluding hydrogens is 382 g/mol. The second-order valence-electron chi connectivity index (χ2n) is 9.03. The number of carbonyl (C=O) groups is 1. The largest absolute Gasteiger partial charge is 0.459 e. The molecule has 0 aliphatic carbocycles. The molecule has 0 bridgehead atoms. The molecule has 2 aromatic heterocycles. The lowest BCUT2D eigenvalue weighted by molar-refractivity contribution is 0.0824. The highest BCUT2D eigenvalue weighted by Gasteiger charge is 2.31. The van der Waals surface area contributed by atoms with Gasteiger partial charge in [-0.3, -0.25) is 9.47 Å². The van der Waals surface area contributed by atoms with Crippen molar-refractivity contribution in [3.63, 3.8) is 0 Å². The SMILES string of the molecule is Cc1c(/C=N/N(C(=O)c2ccco2)[Si](C)(C)C)c2ccccc2n1[Si](C)(C)C. The number of nitrogens with zero attached hydrogens (tertiary/aromatic N) is 3. The Balaban J connectivity index is 2.11. The lowest BCUT2D eigenvalue weighted by atomic mass is 10.1. The second kappa shape index (κ2) is 7.22. The van der Waals surface area contributed by atoms with Crippen LogP contribution >= 0.6 is 0 Å². The number of amides is 1. The molecular formula is C21H29N3O2Si2. The summed E-state index contributed by atoms with van der Waals surface area (Å²) in [5.41, 5.74) is 3.51. The third kappa shape index (κ3) is 3.77. The molecule has 1 amide bonds. The molecule has 0 unspecified atom stereocenters. The summed E-state index contributed by atoms with van der Waals surface area (Å²) < 4.78 is 9.42. The highest BCUT2D eigenvalue weighted by atomic mass is 28.3. The summed E-state index contributed by atoms with van der Waals surface area (Å²) in [4.78, 5) is 12.9. The fourth-order valence-electron chi connectivity index (χ4n) is 3.57. The first kappa shape index (κ1) is 20.4. The minimum absolute atomic E-state index is 0.188. The van der Waals surface area contributed by atoms with E-state index in [2.05, 4.69) is 74.7 Å². The molecule has 3 rings (SSSR count). The van der Waals surface area contributed by atoms with Crippen LogP contribution in [0.15, 0.2) is 52.2 Å². The van der Waals surface area contributed by atoms with E-state index in [0.29, 0.717) is 5.76 Å². The third-order valence-corrected chi connectivity index (χ3v) is 8.20. The number of furan rings is 1. The van der Waals surface area contributed by atoms with Gasteiger partial charge in [-0.15, -0.1) is 0 Å². The smallest absolute Gasteiger partial charge is 0.301 e. The van der Waals surface area contributed by atoms with E-state index in [9.17, 15) is 4.79 Å². The van der Waals surface area contributed by atoms with Crippen molar-refractivity contribution in [1.82, 2.24) is 8.91 Å². The first-order valence-corrected chi connectivity index (χ1v) is 16.4. The average molecular weight is 412 g/mol. The summed E-state index contributed by atoms with van der Waals surface area (Å²) in [5.74, 6) is 0.132. The molecule has 0 fully saturated rings. The number of hydrogen-bond acceptors (Lipinski definition) is 3. The van der Waals surface area contributed by atoms with E-state index in [4.69, 9.17) is 9.52 Å². The van der Waals surface area contributed by atoms with Crippen molar-refractivity contribution in [3.05, 3.63) is 59.7 Å². The maximum atomic E-state index is 12.9. The van der Waals surface area contributed by atoms with Gasteiger partial charge in [-0.2, -0.15) is 5.10 Å². The molecule has 0 radical (unpaired) electrons. The summed E-state index contributed by atoms with van der Waals surface area (Å²) in [5, 5.41) is 5.86. The Morgan fingerprint density at radius 1 is 1.07 bits per heavy atom. The van der Waals surface area contributed by atoms with E-state index in [-0.39, 0.29) is 5.91 Å². The van der Waals surface area contributed by atoms with Crippen LogP contribution in [0.5, 0.6) is 0 Å². The minimum atomic E-state index is -2.05. The van der Waals surface area contributed by atoms with Gasteiger partial charge in [-0.1, -0.05) is 37.8 Å². The Hall–Kier alpha value is -2.39. The number of carbonyl (C=O) groups excluding carboxylic acids is 1. The molecule has 0 aliphatic rings. The van der Waals surface area contributed by atoms with Crippen LogP contribution in [0.4, 0.5) is 0 Å². The van der Waals surface area contributed by atoms with Crippen LogP contribution in [0.3, 0.4) is 0 Å². The minimum Gasteiger partial charge on any atom is -0.459 e. The standard InChI is InChI=1S/C21H29N3O2Si2/c1-16-18(17-11-8-9-12-19(17)23(16)27(2,3)4)15-22-24(28(5,6)7)21(25)20-13-10-14-26-20/h8-15H,1-7H3/b22-15+. The zero-order chi connectivity index (χ0) is 20.7. The van der Waals surface area contributed by atoms with Crippen LogP contribution in [0.25, 0.3) is 10.9 Å². The van der Waals surface area contributed by atoms with Gasteiger partial charge in [0.25, 0.3) is 0 Å². The molecule has 0 aliphatic heterocycles. The summed E-state index contributed by atoms with van der Waals surface area (Å²) >= 11 is 0. The topological polar surface area (TPSA) is 50.7 Å². The van der Waals surface area contributed by atoms with Crippen LogP contribution in [0.2, 0.25) is 39.3 Å². The van der Waals surface area contributed by atoms with Crippen molar-refractivity contribution in [2.24, 2.45) is 5.10 Å². The van der Waals surface area contributed by atoms with E-state index in [1.54, 1.807) is 16.8 Å². The van der Waals surface area contributed by atoms with Gasteiger partial charge in [-0.25, -0.2) is 0 Å². The summed E-state index contributed by atoms with van der Waals surface area (Å²) in [7, 11) is -3.66. The molecule has 2 heterocycles. The van der Waals surface area contributed by atoms with Gasteiger partial charge in [-0.05, 0) is 44.8 Å². The van der Waals surface area contributed by atoms with E-state index < -0.39 is 16.5 Å². The number of hydrazone groups is 1. The Bertz CT molecular complexity index is 1020. The first-order chi connectivity index (χ1) is 13.0. The maximum absolute atomic E-state index is 12.9. The Labute approximate surface area is 168 Å². The second-order valence-corrected chi connectivity index (χ2v) is 18.6. The van der Waals surface area contributed by atoms with Crippen molar-refractivity contribution < 1.29 is 9.21 Å². The van der Waals surface area contributed by atoms with E-state index >= 15 is 0 Å². The molecule has 0 saturated heterocycles. The molecule has 148 valence electrons. The van der Waals surface area contributed by atoms with Crippen LogP contribution in [0.1, 0.15) is 21.8 Å². The highest BCUT2D eigenvalue weighted by molar-refractivity contribution is 6.76. The first-order valence-electron chi connectivity index (χ1n) is 9.54. The van der Waals surface area contributed by atoms with Gasteiger partial charge in [0.1, 0.15) is 0 Å². The van der Waals surface area contributed by atoms with Gasteiger partial charge in [0.15, 0.2) is 22.2 Å². The van der Waals surface area contributed by atoms with Crippen molar-refractivity contribution in [2.45, 2.75) is 46.2 Å². The van der Waals surface area contributed by atoms with Crippen LogP contribution in [-0.4, -0.2) is 37.5 Å². The van der Waals surface area contributed by atoms with Crippen LogP contribution in [0, 0.1) is 6.92 Å². The van der Waals surface area contributed by atoms with Crippen molar-refractivity contribution in [1.29, 1.82) is 0 Å². The van der Waals surface area contributed by atoms with Crippen molar-refractivity contribution in [2.75, 3.05) is 0 Å². The fourth-order valence-corrected chi connectivity index (χ4v) is 6.74. The van der Waals surface area contributed by atoms with Gasteiger partial charge in [0.05, 0.1) is 12.5 Å². The Kier molecular flexibility index (Phi) is 5.24. The van der Waals surface area contributed by atoms with Crippen molar-refractivity contribution in [3.8, 4) is 0 Å². The fraction of sp³-hybridized carbons (Fsp3) is 0.333. The van der Waals surface area contributed by atoms with E-state index in [1.807, 2.05) is 6.21 Å². The lowest BCUT2D eigenvalue weighted by Gasteiger charge is -2.28. The van der Waals surface area contributed by atoms with Crippen LogP contribution in [-0.2, 0) is 0 Å². The van der Waals surface area contributed by atoms with Gasteiger partial charge in [0.2, 0.25) is 0 Å². The summed E-state index contributed by atoms with van der Waals surface area (Å²) in [6, 6.07) is 11.8. The predicted molar refractivity (Wildman–Crippen MR) is 121 cm³/mol. The molecule has 0 saturated carbocycles. The quantitative estimate of drug-likeness (QED) is 0.314. The number of benzene rings is 1. The van der Waals surface area contributed by atoms with Crippen LogP contribution < -0.4 is 0 Å². The van der Waals surface area contributed by atoms with Gasteiger partial charge in [0, 0.05) is 22.2 Å². The summed E-state index contributed by atoms with van der Waals surface area (Å²) in [6.07, 6.45) is 3.37. The zero-order valence-corrected chi connectivity index (χ0v) is 19.8. The normalized spacial score (nSPS) is 12.8. The van der Waals surface area contributed by atoms with E-state index in [1.165, 1.54) is 22.9 Å². The Morgan fingerprint density at radius 2 is 1.75 bits per heavy atom. The monoisotopic (exact) mass is 411 g/mol. The summed E-state index contributed by atoms with van der Waals surface area (Å²) in [6.45, 7) is 15.5. The van der Waals surface area contributed by atoms with Crippen molar-refractivity contribution >= 4 is 39.5 Å². The predicted octanol–water partition coefficient (Wildman–Crippen LogP) is 5.54. The molecule has 5 nitrogen and oxygen atoms in total. The van der Waals surface area contributed by atoms with Gasteiger partial charge >= 0.3 is 5.91 Å². The Morgan fingerprint density at radius 3 is 2.32 bits per heavy atom. The van der Waals surface area contributed by atoms with E-state index in [0.717, 1.165) is 5.56 Å². The highest BCUT2D eigenvalue weighted by Crippen LogP contribution is 2.28. The molecule has 3 aromatic rings.